The number of carbonyl (C=O) groups excluding carboxylic acids is 2. The van der Waals surface area contributed by atoms with Crippen LogP contribution < -0.4 is 4.74 Å². The van der Waals surface area contributed by atoms with E-state index in [1.807, 2.05) is 26.0 Å². The van der Waals surface area contributed by atoms with Gasteiger partial charge >= 0.3 is 0 Å². The summed E-state index contributed by atoms with van der Waals surface area (Å²) in [5.74, 6) is 0.187. The van der Waals surface area contributed by atoms with Crippen molar-refractivity contribution in [3.05, 3.63) is 28.8 Å². The number of nitrogens with zero attached hydrogens (tertiary/aromatic N) is 1. The van der Waals surface area contributed by atoms with Crippen LogP contribution >= 0.6 is 34.8 Å². The Morgan fingerprint density at radius 3 is 2.33 bits per heavy atom. The maximum absolute atomic E-state index is 12.6. The van der Waals surface area contributed by atoms with E-state index in [2.05, 4.69) is 0 Å². The molecule has 0 aromatic heterocycles. The predicted octanol–water partition coefficient (Wildman–Crippen LogP) is 4.00. The summed E-state index contributed by atoms with van der Waals surface area (Å²) in [7, 11) is 0. The number of carbonyl (C=O) groups is 2. The zero-order chi connectivity index (χ0) is 17.7. The summed E-state index contributed by atoms with van der Waals surface area (Å²) >= 11 is 17.0. The standard InChI is InChI=1S/C17H18Cl3NO3/c1-10-7-12-13(22)9-16(24-14(12)8-11(10)2)3-5-21(6-4-16)15(23)17(18,19)20/h7-8H,3-6,9H2,1-2H3. The number of Topliss-reactive ketones (excluding diaryl/α,β-unsaturated/α-hetero) is 1. The molecule has 1 saturated heterocycles. The lowest BCUT2D eigenvalue weighted by Gasteiger charge is -2.44. The summed E-state index contributed by atoms with van der Waals surface area (Å²) in [6.45, 7) is 4.78. The monoisotopic (exact) mass is 389 g/mol. The molecule has 1 fully saturated rings. The third kappa shape index (κ3) is 3.24. The minimum atomic E-state index is -1.95. The highest BCUT2D eigenvalue weighted by Crippen LogP contribution is 2.41. The molecular weight excluding hydrogens is 373 g/mol. The van der Waals surface area contributed by atoms with Gasteiger partial charge in [0.15, 0.2) is 5.78 Å². The predicted molar refractivity (Wildman–Crippen MR) is 94.3 cm³/mol. The molecule has 1 aromatic carbocycles. The highest BCUT2D eigenvalue weighted by molar-refractivity contribution is 6.76. The number of ether oxygens (including phenoxy) is 1. The Morgan fingerprint density at radius 2 is 1.75 bits per heavy atom. The number of benzene rings is 1. The molecule has 0 bridgehead atoms. The van der Waals surface area contributed by atoms with Crippen molar-refractivity contribution in [2.75, 3.05) is 13.1 Å². The van der Waals surface area contributed by atoms with Gasteiger partial charge < -0.3 is 9.64 Å². The molecule has 0 N–H and O–H groups in total. The van der Waals surface area contributed by atoms with Crippen LogP contribution in [-0.4, -0.2) is 39.1 Å². The number of likely N-dealkylation sites (tertiary alicyclic amines) is 1. The quantitative estimate of drug-likeness (QED) is 0.629. The van der Waals surface area contributed by atoms with E-state index >= 15 is 0 Å². The van der Waals surface area contributed by atoms with Crippen LogP contribution in [0.2, 0.25) is 0 Å². The van der Waals surface area contributed by atoms with Gasteiger partial charge in [-0.15, -0.1) is 0 Å². The first-order valence-corrected chi connectivity index (χ1v) is 8.94. The van der Waals surface area contributed by atoms with Gasteiger partial charge in [0.05, 0.1) is 12.0 Å². The van der Waals surface area contributed by atoms with Crippen LogP contribution in [-0.2, 0) is 4.79 Å². The van der Waals surface area contributed by atoms with E-state index in [1.54, 1.807) is 0 Å². The zero-order valence-electron chi connectivity index (χ0n) is 13.5. The van der Waals surface area contributed by atoms with Gasteiger partial charge in [-0.25, -0.2) is 0 Å². The number of aryl methyl sites for hydroxylation is 2. The molecule has 2 aliphatic rings. The Kier molecular flexibility index (Phi) is 4.52. The molecule has 1 aromatic rings. The molecule has 0 atom stereocenters. The smallest absolute Gasteiger partial charge is 0.274 e. The van der Waals surface area contributed by atoms with Crippen molar-refractivity contribution in [1.29, 1.82) is 0 Å². The second-order valence-electron chi connectivity index (χ2n) is 6.61. The van der Waals surface area contributed by atoms with Crippen molar-refractivity contribution >= 4 is 46.5 Å². The van der Waals surface area contributed by atoms with Gasteiger partial charge in [0, 0.05) is 25.9 Å². The Hall–Kier alpha value is -0.970. The highest BCUT2D eigenvalue weighted by atomic mass is 35.6. The van der Waals surface area contributed by atoms with E-state index in [-0.39, 0.29) is 5.78 Å². The van der Waals surface area contributed by atoms with Crippen LogP contribution in [0, 0.1) is 13.8 Å². The Bertz CT molecular complexity index is 704. The zero-order valence-corrected chi connectivity index (χ0v) is 15.8. The van der Waals surface area contributed by atoms with Crippen LogP contribution in [0.5, 0.6) is 5.75 Å². The van der Waals surface area contributed by atoms with Crippen molar-refractivity contribution in [3.63, 3.8) is 0 Å². The number of hydrogen-bond acceptors (Lipinski definition) is 3. The minimum absolute atomic E-state index is 0.0838. The molecule has 0 aliphatic carbocycles. The van der Waals surface area contributed by atoms with Gasteiger partial charge in [-0.3, -0.25) is 9.59 Å². The minimum Gasteiger partial charge on any atom is -0.486 e. The molecule has 0 radical (unpaired) electrons. The van der Waals surface area contributed by atoms with Crippen molar-refractivity contribution in [2.24, 2.45) is 0 Å². The van der Waals surface area contributed by atoms with Gasteiger partial charge in [-0.2, -0.15) is 0 Å². The Balaban J connectivity index is 1.79. The van der Waals surface area contributed by atoms with Gasteiger partial charge in [-0.1, -0.05) is 34.8 Å². The largest absolute Gasteiger partial charge is 0.486 e. The molecule has 2 heterocycles. The summed E-state index contributed by atoms with van der Waals surface area (Å²) in [6.07, 6.45) is 1.40. The van der Waals surface area contributed by atoms with E-state index in [0.29, 0.717) is 43.7 Å². The normalized spacial score (nSPS) is 19.9. The molecule has 4 nitrogen and oxygen atoms in total. The summed E-state index contributed by atoms with van der Waals surface area (Å²) in [6, 6.07) is 3.81. The summed E-state index contributed by atoms with van der Waals surface area (Å²) in [4.78, 5) is 26.1. The summed E-state index contributed by atoms with van der Waals surface area (Å²) < 4.78 is 4.27. The molecular formula is C17H18Cl3NO3. The maximum Gasteiger partial charge on any atom is 0.274 e. The van der Waals surface area contributed by atoms with Gasteiger partial charge in [-0.05, 0) is 37.1 Å². The molecule has 130 valence electrons. The second kappa shape index (κ2) is 6.08. The molecule has 0 unspecified atom stereocenters. The van der Waals surface area contributed by atoms with E-state index < -0.39 is 15.3 Å². The number of ketones is 1. The van der Waals surface area contributed by atoms with Gasteiger partial charge in [0.2, 0.25) is 0 Å². The van der Waals surface area contributed by atoms with Crippen LogP contribution in [0.3, 0.4) is 0 Å². The SMILES string of the molecule is Cc1cc2c(cc1C)C(=O)CC1(CCN(C(=O)C(Cl)(Cl)Cl)CC1)O2. The fourth-order valence-electron chi connectivity index (χ4n) is 3.32. The van der Waals surface area contributed by atoms with Crippen molar-refractivity contribution < 1.29 is 14.3 Å². The van der Waals surface area contributed by atoms with Gasteiger partial charge in [0.1, 0.15) is 11.4 Å². The molecule has 7 heteroatoms. The summed E-state index contributed by atoms with van der Waals surface area (Å²) in [5.41, 5.74) is 2.23. The highest BCUT2D eigenvalue weighted by Gasteiger charge is 2.46. The van der Waals surface area contributed by atoms with Crippen molar-refractivity contribution in [1.82, 2.24) is 4.90 Å². The number of hydrogen-bond donors (Lipinski definition) is 0. The van der Waals surface area contributed by atoms with E-state index in [0.717, 1.165) is 11.1 Å². The lowest BCUT2D eigenvalue weighted by Crippen LogP contribution is -2.54. The van der Waals surface area contributed by atoms with Crippen LogP contribution in [0.25, 0.3) is 0 Å². The number of halogens is 3. The maximum atomic E-state index is 12.6. The van der Waals surface area contributed by atoms with Crippen LogP contribution in [0.15, 0.2) is 12.1 Å². The lowest BCUT2D eigenvalue weighted by atomic mass is 9.82. The van der Waals surface area contributed by atoms with Crippen LogP contribution in [0.1, 0.15) is 40.7 Å². The first-order valence-electron chi connectivity index (χ1n) is 7.81. The third-order valence-corrected chi connectivity index (χ3v) is 5.39. The number of amides is 1. The molecule has 2 aliphatic heterocycles. The van der Waals surface area contributed by atoms with Crippen LogP contribution in [0.4, 0.5) is 0 Å². The average molecular weight is 391 g/mol. The third-order valence-electron chi connectivity index (χ3n) is 4.91. The molecule has 1 amide bonds. The molecule has 1 spiro atoms. The fraction of sp³-hybridized carbons (Fsp3) is 0.529. The van der Waals surface area contributed by atoms with E-state index in [1.165, 1.54) is 4.90 Å². The van der Waals surface area contributed by atoms with Gasteiger partial charge in [0.25, 0.3) is 9.70 Å². The van der Waals surface area contributed by atoms with Crippen molar-refractivity contribution in [2.45, 2.75) is 42.5 Å². The number of piperidine rings is 1. The average Bonchev–Trinajstić information content (AvgIpc) is 2.49. The number of alkyl halides is 3. The molecule has 24 heavy (non-hydrogen) atoms. The topological polar surface area (TPSA) is 46.6 Å². The van der Waals surface area contributed by atoms with Crippen molar-refractivity contribution in [3.8, 4) is 5.75 Å². The Labute approximate surface area is 156 Å². The van der Waals surface area contributed by atoms with E-state index in [9.17, 15) is 9.59 Å². The Morgan fingerprint density at radius 1 is 1.17 bits per heavy atom. The molecule has 0 saturated carbocycles. The number of fused-ring (bicyclic) bond motifs is 1. The second-order valence-corrected chi connectivity index (χ2v) is 8.89. The first-order chi connectivity index (χ1) is 11.1. The lowest BCUT2D eigenvalue weighted by molar-refractivity contribution is -0.133. The molecule has 3 rings (SSSR count). The van der Waals surface area contributed by atoms with E-state index in [4.69, 9.17) is 39.5 Å². The first kappa shape index (κ1) is 17.8. The summed E-state index contributed by atoms with van der Waals surface area (Å²) in [5, 5.41) is 0. The number of rotatable bonds is 0. The fourth-order valence-corrected chi connectivity index (χ4v) is 3.68.